The molecule has 8 rings (SSSR count). The summed E-state index contributed by atoms with van der Waals surface area (Å²) in [5.41, 5.74) is -4.33. The molecule has 0 radical (unpaired) electrons. The molecule has 6 aromatic heterocycles. The zero-order valence-corrected chi connectivity index (χ0v) is 41.8. The molecular formula is C42H39F6IN12O8S2. The summed E-state index contributed by atoms with van der Waals surface area (Å²) in [6, 6.07) is 4.29. The van der Waals surface area contributed by atoms with Gasteiger partial charge in [-0.25, -0.2) is 29.5 Å². The number of pyridine rings is 2. The molecule has 2 N–H and O–H groups in total. The topological polar surface area (TPSA) is 242 Å². The summed E-state index contributed by atoms with van der Waals surface area (Å²) in [6.07, 6.45) is 1.70. The molecule has 2 saturated carbocycles. The van der Waals surface area contributed by atoms with Crippen molar-refractivity contribution in [3.05, 3.63) is 86.5 Å². The number of amides is 2. The van der Waals surface area contributed by atoms with Crippen molar-refractivity contribution in [2.24, 2.45) is 40.0 Å². The average Bonchev–Trinajstić information content (AvgIpc) is 4.23. The third-order valence-electron chi connectivity index (χ3n) is 10.5. The molecule has 0 aliphatic heterocycles. The summed E-state index contributed by atoms with van der Waals surface area (Å²) >= 11 is 1.76. The van der Waals surface area contributed by atoms with Gasteiger partial charge < -0.3 is 19.8 Å². The van der Waals surface area contributed by atoms with E-state index in [1.807, 2.05) is 0 Å². The number of imidazole rings is 2. The van der Waals surface area contributed by atoms with Crippen molar-refractivity contribution in [2.75, 3.05) is 23.1 Å². The van der Waals surface area contributed by atoms with E-state index in [2.05, 4.69) is 48.3 Å². The van der Waals surface area contributed by atoms with Gasteiger partial charge in [0.1, 0.15) is 23.0 Å². The van der Waals surface area contributed by atoms with Crippen molar-refractivity contribution in [3.8, 4) is 24.2 Å². The number of hydrogen-bond acceptors (Lipinski definition) is 12. The molecule has 2 amide bonds. The van der Waals surface area contributed by atoms with E-state index in [9.17, 15) is 63.5 Å². The van der Waals surface area contributed by atoms with Crippen LogP contribution in [0.2, 0.25) is 0 Å². The zero-order valence-electron chi connectivity index (χ0n) is 38.0. The van der Waals surface area contributed by atoms with Crippen molar-refractivity contribution < 1.29 is 44.3 Å². The van der Waals surface area contributed by atoms with Crippen molar-refractivity contribution in [1.82, 2.24) is 47.3 Å². The first kappa shape index (κ1) is 53.6. The zero-order chi connectivity index (χ0) is 52.6. The van der Waals surface area contributed by atoms with Crippen LogP contribution in [0.3, 0.4) is 0 Å². The molecule has 20 nitrogen and oxygen atoms in total. The van der Waals surface area contributed by atoms with Crippen molar-refractivity contribution in [1.29, 1.82) is 0 Å². The number of hydrogen-bond donors (Lipinski definition) is 2. The highest BCUT2D eigenvalue weighted by molar-refractivity contribution is 14.1. The maximum Gasteiger partial charge on any atom is 0.433 e. The first-order valence-electron chi connectivity index (χ1n) is 20.5. The Hall–Kier alpha value is -6.73. The fourth-order valence-corrected chi connectivity index (χ4v) is 8.57. The number of carbonyl (C=O) groups is 2. The van der Waals surface area contributed by atoms with Crippen LogP contribution in [0.25, 0.3) is 22.3 Å². The van der Waals surface area contributed by atoms with Crippen LogP contribution in [-0.4, -0.2) is 80.1 Å². The van der Waals surface area contributed by atoms with Crippen LogP contribution in [0.5, 0.6) is 0 Å². The SMILES string of the molecule is C#CCn1c(=O)n(C)c(=O)c2c1nc(S(C)=O)n2C.Cn1c(=O)c2c(nc(S(C)=O)n2C)n(CC#Cc2cc(NC(=O)C3CC3)nc(C(F)(F)F)c2)c1=O.O=C(Nc1cc(I)cc(C(F)(F)F)n1)C1CC1. The van der Waals surface area contributed by atoms with Crippen molar-refractivity contribution in [2.45, 2.75) is 61.4 Å². The molecule has 2 aliphatic rings. The predicted molar refractivity (Wildman–Crippen MR) is 255 cm³/mol. The van der Waals surface area contributed by atoms with E-state index in [1.165, 1.54) is 59.5 Å². The summed E-state index contributed by atoms with van der Waals surface area (Å²) in [5, 5.41) is 5.08. The standard InChI is InChI=1S/C21H19F3N6O4S.C11H12N4O3S.C10H8F3IN2O/c1-28-15-16(27-19(28)35(3)34)30(20(33)29(2)18(15)32)8-4-5-11-9-13(21(22,23)24)25-14(10-11)26-17(31)12-6-7-12;1-5-6-15-8-7(9(16)14(3)11(15)17)13(2)10(12-8)19(4)18;11-10(12,13)7-3-6(14)4-8(15-7)16-9(17)5-1-2-5/h9-10,12H,6-8H2,1-3H3,(H,25,26,31);1H,6H2,2-4H3;3-5H,1-2H2,(H,15,16,17). The summed E-state index contributed by atoms with van der Waals surface area (Å²) in [6.45, 7) is -0.319. The van der Waals surface area contributed by atoms with E-state index in [0.717, 1.165) is 38.7 Å². The number of terminal acetylenes is 1. The molecule has 2 aliphatic carbocycles. The molecule has 2 atom stereocenters. The highest BCUT2D eigenvalue weighted by Gasteiger charge is 2.36. The quantitative estimate of drug-likeness (QED) is 0.127. The van der Waals surface area contributed by atoms with Gasteiger partial charge in [0.25, 0.3) is 11.1 Å². The van der Waals surface area contributed by atoms with E-state index in [4.69, 9.17) is 6.42 Å². The molecule has 0 saturated heterocycles. The number of nitrogens with zero attached hydrogens (tertiary/aromatic N) is 10. The third kappa shape index (κ3) is 12.1. The largest absolute Gasteiger partial charge is 0.433 e. The highest BCUT2D eigenvalue weighted by Crippen LogP contribution is 2.34. The molecule has 2 fully saturated rings. The smallest absolute Gasteiger partial charge is 0.314 e. The fourth-order valence-electron chi connectivity index (χ4n) is 6.59. The summed E-state index contributed by atoms with van der Waals surface area (Å²) in [5.74, 6) is 6.23. The lowest BCUT2D eigenvalue weighted by molar-refractivity contribution is -0.141. The number of anilines is 2. The van der Waals surface area contributed by atoms with Gasteiger partial charge in [0.15, 0.2) is 22.3 Å². The summed E-state index contributed by atoms with van der Waals surface area (Å²) in [4.78, 5) is 87.9. The molecule has 6 aromatic rings. The molecule has 0 bridgehead atoms. The maximum atomic E-state index is 13.3. The lowest BCUT2D eigenvalue weighted by atomic mass is 10.2. The first-order valence-corrected chi connectivity index (χ1v) is 24.7. The Bertz CT molecular complexity index is 3570. The number of halogens is 7. The highest BCUT2D eigenvalue weighted by atomic mass is 127. The Morgan fingerprint density at radius 1 is 0.676 bits per heavy atom. The number of fused-ring (bicyclic) bond motifs is 2. The third-order valence-corrected chi connectivity index (χ3v) is 12.8. The minimum Gasteiger partial charge on any atom is -0.314 e. The van der Waals surface area contributed by atoms with Crippen LogP contribution in [0.15, 0.2) is 53.8 Å². The maximum absolute atomic E-state index is 13.3. The van der Waals surface area contributed by atoms with Crippen LogP contribution in [0.1, 0.15) is 42.6 Å². The van der Waals surface area contributed by atoms with Crippen LogP contribution >= 0.6 is 22.6 Å². The van der Waals surface area contributed by atoms with Crippen molar-refractivity contribution in [3.63, 3.8) is 0 Å². The lowest BCUT2D eigenvalue weighted by Crippen LogP contribution is -2.38. The van der Waals surface area contributed by atoms with Gasteiger partial charge in [-0.2, -0.15) is 26.3 Å². The van der Waals surface area contributed by atoms with Crippen LogP contribution in [0, 0.1) is 39.6 Å². The van der Waals surface area contributed by atoms with Crippen LogP contribution in [0.4, 0.5) is 38.0 Å². The molecular weight excluding hydrogens is 1110 g/mol. The van der Waals surface area contributed by atoms with Gasteiger partial charge in [0, 0.05) is 61.7 Å². The fraction of sp³-hybridized carbons (Fsp3) is 0.381. The number of aromatic nitrogens is 10. The Labute approximate surface area is 415 Å². The average molecular weight is 1140 g/mol. The summed E-state index contributed by atoms with van der Waals surface area (Å²) < 4.78 is 108. The number of nitrogens with one attached hydrogen (secondary N) is 2. The Morgan fingerprint density at radius 2 is 1.08 bits per heavy atom. The molecule has 71 heavy (non-hydrogen) atoms. The van der Waals surface area contributed by atoms with Gasteiger partial charge in [-0.3, -0.25) is 45.9 Å². The van der Waals surface area contributed by atoms with Gasteiger partial charge in [-0.15, -0.1) is 6.42 Å². The van der Waals surface area contributed by atoms with E-state index >= 15 is 0 Å². The van der Waals surface area contributed by atoms with Gasteiger partial charge >= 0.3 is 23.7 Å². The number of carbonyl (C=O) groups excluding carboxylic acids is 2. The minimum absolute atomic E-state index is 0.00371. The normalized spacial score (nSPS) is 14.3. The number of alkyl halides is 6. The van der Waals surface area contributed by atoms with Crippen molar-refractivity contribution >= 4 is 90.0 Å². The molecule has 29 heteroatoms. The van der Waals surface area contributed by atoms with Gasteiger partial charge in [0.2, 0.25) is 22.1 Å². The Balaban J connectivity index is 0.000000193. The second-order valence-corrected chi connectivity index (χ2v) is 19.6. The van der Waals surface area contributed by atoms with E-state index < -0.39 is 73.7 Å². The Kier molecular flexibility index (Phi) is 15.8. The second kappa shape index (κ2) is 20.9. The van der Waals surface area contributed by atoms with E-state index in [1.54, 1.807) is 29.6 Å². The van der Waals surface area contributed by atoms with Gasteiger partial charge in [-0.1, -0.05) is 17.8 Å². The monoisotopic (exact) mass is 1140 g/mol. The van der Waals surface area contributed by atoms with E-state index in [-0.39, 0.29) is 80.7 Å². The molecule has 0 spiro atoms. The van der Waals surface area contributed by atoms with Crippen LogP contribution < -0.4 is 33.1 Å². The minimum atomic E-state index is -4.77. The van der Waals surface area contributed by atoms with Gasteiger partial charge in [0.05, 0.1) is 34.7 Å². The molecule has 2 unspecified atom stereocenters. The van der Waals surface area contributed by atoms with Crippen LogP contribution in [-0.2, 0) is 84.8 Å². The lowest BCUT2D eigenvalue weighted by Gasteiger charge is -2.10. The Morgan fingerprint density at radius 3 is 1.48 bits per heavy atom. The van der Waals surface area contributed by atoms with Gasteiger partial charge in [-0.05, 0) is 72.5 Å². The molecule has 0 aromatic carbocycles. The van der Waals surface area contributed by atoms with E-state index in [0.29, 0.717) is 16.4 Å². The molecule has 6 heterocycles. The number of rotatable bonds is 8. The number of aryl methyl sites for hydroxylation is 2. The predicted octanol–water partition coefficient (Wildman–Crippen LogP) is 2.84. The second-order valence-electron chi connectivity index (χ2n) is 15.8. The first-order chi connectivity index (χ1) is 33.1. The molecule has 376 valence electrons. The summed E-state index contributed by atoms with van der Waals surface area (Å²) in [7, 11) is 2.78.